The standard InChI is InChI=1S/C18H22N2O2/c1-12(2)22-18(21)16-11-15(19)9-10-17(16)20-13(3)14-7-5-4-6-8-14/h4-13,20H,19H2,1-3H3/t13-/m1/s1. The number of anilines is 2. The summed E-state index contributed by atoms with van der Waals surface area (Å²) in [6.07, 6.45) is -0.173. The van der Waals surface area contributed by atoms with Crippen molar-refractivity contribution in [2.24, 2.45) is 0 Å². The minimum absolute atomic E-state index is 0.0652. The summed E-state index contributed by atoms with van der Waals surface area (Å²) in [5, 5.41) is 3.35. The van der Waals surface area contributed by atoms with Crippen LogP contribution in [0.2, 0.25) is 0 Å². The normalized spacial score (nSPS) is 12.0. The van der Waals surface area contributed by atoms with Gasteiger partial charge in [-0.25, -0.2) is 4.79 Å². The van der Waals surface area contributed by atoms with E-state index in [0.29, 0.717) is 11.3 Å². The number of nitrogens with one attached hydrogen (secondary N) is 1. The van der Waals surface area contributed by atoms with E-state index in [-0.39, 0.29) is 18.1 Å². The quantitative estimate of drug-likeness (QED) is 0.646. The van der Waals surface area contributed by atoms with Gasteiger partial charge in [0, 0.05) is 17.4 Å². The molecule has 2 rings (SSSR count). The van der Waals surface area contributed by atoms with Crippen LogP contribution in [0.25, 0.3) is 0 Å². The maximum Gasteiger partial charge on any atom is 0.340 e. The largest absolute Gasteiger partial charge is 0.459 e. The highest BCUT2D eigenvalue weighted by Crippen LogP contribution is 2.25. The molecule has 0 heterocycles. The molecule has 4 nitrogen and oxygen atoms in total. The fourth-order valence-electron chi connectivity index (χ4n) is 2.19. The minimum Gasteiger partial charge on any atom is -0.459 e. The number of benzene rings is 2. The number of nitrogen functional groups attached to an aromatic ring is 1. The number of hydrogen-bond acceptors (Lipinski definition) is 4. The van der Waals surface area contributed by atoms with Gasteiger partial charge < -0.3 is 15.8 Å². The van der Waals surface area contributed by atoms with Gasteiger partial charge in [-0.15, -0.1) is 0 Å². The van der Waals surface area contributed by atoms with E-state index >= 15 is 0 Å². The maximum atomic E-state index is 12.2. The molecule has 0 amide bonds. The lowest BCUT2D eigenvalue weighted by Crippen LogP contribution is -2.16. The van der Waals surface area contributed by atoms with Crippen molar-refractivity contribution in [2.45, 2.75) is 32.9 Å². The first-order valence-corrected chi connectivity index (χ1v) is 7.39. The molecule has 0 saturated carbocycles. The molecular formula is C18H22N2O2. The summed E-state index contributed by atoms with van der Waals surface area (Å²) in [6, 6.07) is 15.3. The van der Waals surface area contributed by atoms with Crippen molar-refractivity contribution in [3.8, 4) is 0 Å². The van der Waals surface area contributed by atoms with E-state index in [1.54, 1.807) is 12.1 Å². The zero-order valence-corrected chi connectivity index (χ0v) is 13.2. The number of carbonyl (C=O) groups excluding carboxylic acids is 1. The highest BCUT2D eigenvalue weighted by atomic mass is 16.5. The molecule has 0 unspecified atom stereocenters. The van der Waals surface area contributed by atoms with Crippen LogP contribution >= 0.6 is 0 Å². The first-order chi connectivity index (χ1) is 10.5. The fourth-order valence-corrected chi connectivity index (χ4v) is 2.19. The number of carbonyl (C=O) groups is 1. The van der Waals surface area contributed by atoms with Gasteiger partial charge in [-0.1, -0.05) is 30.3 Å². The Labute approximate surface area is 131 Å². The van der Waals surface area contributed by atoms with Gasteiger partial charge in [-0.3, -0.25) is 0 Å². The highest BCUT2D eigenvalue weighted by molar-refractivity contribution is 5.96. The molecule has 116 valence electrons. The molecule has 0 bridgehead atoms. The fraction of sp³-hybridized carbons (Fsp3) is 0.278. The molecule has 1 atom stereocenters. The third-order valence-corrected chi connectivity index (χ3v) is 3.28. The smallest absolute Gasteiger partial charge is 0.340 e. The van der Waals surface area contributed by atoms with Crippen LogP contribution in [0.1, 0.15) is 42.7 Å². The van der Waals surface area contributed by atoms with E-state index in [0.717, 1.165) is 11.3 Å². The van der Waals surface area contributed by atoms with Gasteiger partial charge in [0.25, 0.3) is 0 Å². The van der Waals surface area contributed by atoms with E-state index in [9.17, 15) is 4.79 Å². The molecule has 0 aromatic heterocycles. The minimum atomic E-state index is -0.370. The Morgan fingerprint density at radius 1 is 1.09 bits per heavy atom. The Morgan fingerprint density at radius 2 is 1.77 bits per heavy atom. The molecule has 0 fully saturated rings. The summed E-state index contributed by atoms with van der Waals surface area (Å²) in [6.45, 7) is 5.69. The van der Waals surface area contributed by atoms with E-state index in [1.807, 2.05) is 57.2 Å². The van der Waals surface area contributed by atoms with Gasteiger partial charge in [0.05, 0.1) is 11.7 Å². The summed E-state index contributed by atoms with van der Waals surface area (Å²) in [5.74, 6) is -0.370. The Bertz CT molecular complexity index is 639. The van der Waals surface area contributed by atoms with Crippen LogP contribution in [0.3, 0.4) is 0 Å². The Kier molecular flexibility index (Phi) is 5.04. The topological polar surface area (TPSA) is 64.3 Å². The zero-order valence-electron chi connectivity index (χ0n) is 13.2. The van der Waals surface area contributed by atoms with Crippen LogP contribution in [0.4, 0.5) is 11.4 Å². The average Bonchev–Trinajstić information content (AvgIpc) is 2.49. The summed E-state index contributed by atoms with van der Waals surface area (Å²) in [7, 11) is 0. The monoisotopic (exact) mass is 298 g/mol. The van der Waals surface area contributed by atoms with Crippen molar-refractivity contribution in [2.75, 3.05) is 11.1 Å². The lowest BCUT2D eigenvalue weighted by molar-refractivity contribution is 0.0379. The first kappa shape index (κ1) is 15.9. The van der Waals surface area contributed by atoms with Crippen LogP contribution in [-0.4, -0.2) is 12.1 Å². The number of nitrogens with two attached hydrogens (primary N) is 1. The highest BCUT2D eigenvalue weighted by Gasteiger charge is 2.16. The van der Waals surface area contributed by atoms with Crippen LogP contribution in [0.5, 0.6) is 0 Å². The third kappa shape index (κ3) is 4.01. The summed E-state index contributed by atoms with van der Waals surface area (Å²) in [5.41, 5.74) is 8.65. The number of rotatable bonds is 5. The van der Waals surface area contributed by atoms with Crippen molar-refractivity contribution < 1.29 is 9.53 Å². The van der Waals surface area contributed by atoms with E-state index in [2.05, 4.69) is 5.32 Å². The molecule has 0 radical (unpaired) electrons. The Morgan fingerprint density at radius 3 is 2.41 bits per heavy atom. The van der Waals surface area contributed by atoms with E-state index in [4.69, 9.17) is 10.5 Å². The Hall–Kier alpha value is -2.49. The van der Waals surface area contributed by atoms with Gasteiger partial charge in [0.15, 0.2) is 0 Å². The molecule has 2 aromatic carbocycles. The lowest BCUT2D eigenvalue weighted by atomic mass is 10.1. The van der Waals surface area contributed by atoms with E-state index < -0.39 is 0 Å². The van der Waals surface area contributed by atoms with Crippen LogP contribution in [0, 0.1) is 0 Å². The van der Waals surface area contributed by atoms with Crippen molar-refractivity contribution in [1.29, 1.82) is 0 Å². The lowest BCUT2D eigenvalue weighted by Gasteiger charge is -2.19. The van der Waals surface area contributed by atoms with Crippen molar-refractivity contribution in [1.82, 2.24) is 0 Å². The molecule has 4 heteroatoms. The number of hydrogen-bond donors (Lipinski definition) is 2. The summed E-state index contributed by atoms with van der Waals surface area (Å²) in [4.78, 5) is 12.2. The molecule has 0 saturated heterocycles. The molecule has 3 N–H and O–H groups in total. The van der Waals surface area contributed by atoms with Gasteiger partial charge >= 0.3 is 5.97 Å². The van der Waals surface area contributed by atoms with Gasteiger partial charge in [0.1, 0.15) is 0 Å². The molecule has 0 aliphatic rings. The summed E-state index contributed by atoms with van der Waals surface area (Å²) < 4.78 is 5.28. The van der Waals surface area contributed by atoms with Crippen molar-refractivity contribution in [3.05, 3.63) is 59.7 Å². The molecule has 0 spiro atoms. The summed E-state index contributed by atoms with van der Waals surface area (Å²) >= 11 is 0. The molecule has 22 heavy (non-hydrogen) atoms. The number of esters is 1. The van der Waals surface area contributed by atoms with Crippen LogP contribution in [0.15, 0.2) is 48.5 Å². The second-order valence-electron chi connectivity index (χ2n) is 5.54. The molecule has 0 aliphatic carbocycles. The molecule has 0 aliphatic heterocycles. The second-order valence-corrected chi connectivity index (χ2v) is 5.54. The zero-order chi connectivity index (χ0) is 16.1. The molecular weight excluding hydrogens is 276 g/mol. The SMILES string of the molecule is CC(C)OC(=O)c1cc(N)ccc1N[C@H](C)c1ccccc1. The van der Waals surface area contributed by atoms with E-state index in [1.165, 1.54) is 0 Å². The van der Waals surface area contributed by atoms with Crippen LogP contribution in [-0.2, 0) is 4.74 Å². The van der Waals surface area contributed by atoms with Crippen LogP contribution < -0.4 is 11.1 Å². The first-order valence-electron chi connectivity index (χ1n) is 7.39. The average molecular weight is 298 g/mol. The predicted octanol–water partition coefficient (Wildman–Crippen LogP) is 4.01. The van der Waals surface area contributed by atoms with Gasteiger partial charge in [0.2, 0.25) is 0 Å². The van der Waals surface area contributed by atoms with Gasteiger partial charge in [-0.05, 0) is 44.5 Å². The Balaban J connectivity index is 2.25. The predicted molar refractivity (Wildman–Crippen MR) is 89.9 cm³/mol. The van der Waals surface area contributed by atoms with Crippen molar-refractivity contribution in [3.63, 3.8) is 0 Å². The second kappa shape index (κ2) is 6.98. The van der Waals surface area contributed by atoms with Gasteiger partial charge in [-0.2, -0.15) is 0 Å². The molecule has 2 aromatic rings. The third-order valence-electron chi connectivity index (χ3n) is 3.28. The number of ether oxygens (including phenoxy) is 1. The van der Waals surface area contributed by atoms with Crippen molar-refractivity contribution >= 4 is 17.3 Å². The maximum absolute atomic E-state index is 12.2.